The Morgan fingerprint density at radius 1 is 1.38 bits per heavy atom. The Morgan fingerprint density at radius 2 is 2.05 bits per heavy atom. The number of aryl methyl sites for hydroxylation is 1. The van der Waals surface area contributed by atoms with Crippen LogP contribution in [0.25, 0.3) is 0 Å². The largest absolute Gasteiger partial charge is 0.494 e. The smallest absolute Gasteiger partial charge is 0.249 e. The van der Waals surface area contributed by atoms with Crippen molar-refractivity contribution in [2.45, 2.75) is 25.7 Å². The fraction of sp³-hybridized carbons (Fsp3) is 0.462. The summed E-state index contributed by atoms with van der Waals surface area (Å²) in [5, 5.41) is 0. The van der Waals surface area contributed by atoms with Crippen LogP contribution in [0.3, 0.4) is 0 Å². The van der Waals surface area contributed by atoms with Crippen LogP contribution in [0.1, 0.15) is 19.4 Å². The number of likely N-dealkylation sites (N-methyl/N-ethyl adjacent to an activating group) is 1. The molecular formula is C13H21N3O4S. The molecule has 7 nitrogen and oxygen atoms in total. The summed E-state index contributed by atoms with van der Waals surface area (Å²) >= 11 is 0. The summed E-state index contributed by atoms with van der Waals surface area (Å²) in [4.78, 5) is 11.4. The SMILES string of the molecule is CCOc1ccc(S(=O)(=O)N(CC)CC(=O)NN)cc1C. The highest BCUT2D eigenvalue weighted by molar-refractivity contribution is 7.89. The Morgan fingerprint density at radius 3 is 2.52 bits per heavy atom. The second-order valence-electron chi connectivity index (χ2n) is 4.36. The number of nitrogens with zero attached hydrogens (tertiary/aromatic N) is 1. The van der Waals surface area contributed by atoms with Gasteiger partial charge in [-0.05, 0) is 37.6 Å². The van der Waals surface area contributed by atoms with Crippen LogP contribution in [-0.2, 0) is 14.8 Å². The lowest BCUT2D eigenvalue weighted by Crippen LogP contribution is -2.42. The van der Waals surface area contributed by atoms with Gasteiger partial charge in [-0.3, -0.25) is 10.2 Å². The number of nitrogens with one attached hydrogen (secondary N) is 1. The minimum atomic E-state index is -3.75. The second kappa shape index (κ2) is 7.39. The standard InChI is InChI=1S/C13H21N3O4S/c1-4-16(9-13(17)15-14)21(18,19)11-6-7-12(20-5-2)10(3)8-11/h6-8H,4-5,9,14H2,1-3H3,(H,15,17). The summed E-state index contributed by atoms with van der Waals surface area (Å²) in [5.41, 5.74) is 2.65. The van der Waals surface area contributed by atoms with E-state index < -0.39 is 15.9 Å². The van der Waals surface area contributed by atoms with Crippen LogP contribution in [-0.4, -0.2) is 38.3 Å². The van der Waals surface area contributed by atoms with Crippen molar-refractivity contribution in [3.8, 4) is 5.75 Å². The predicted molar refractivity (Wildman–Crippen MR) is 79.1 cm³/mol. The molecule has 0 unspecified atom stereocenters. The van der Waals surface area contributed by atoms with Crippen LogP contribution in [0, 0.1) is 6.92 Å². The fourth-order valence-corrected chi connectivity index (χ4v) is 3.31. The average Bonchev–Trinajstić information content (AvgIpc) is 2.46. The third-order valence-corrected chi connectivity index (χ3v) is 4.83. The monoisotopic (exact) mass is 315 g/mol. The van der Waals surface area contributed by atoms with Crippen molar-refractivity contribution in [1.82, 2.24) is 9.73 Å². The predicted octanol–water partition coefficient (Wildman–Crippen LogP) is 0.394. The van der Waals surface area contributed by atoms with E-state index in [1.165, 1.54) is 12.1 Å². The summed E-state index contributed by atoms with van der Waals surface area (Å²) in [5.74, 6) is 5.07. The molecule has 0 heterocycles. The summed E-state index contributed by atoms with van der Waals surface area (Å²) in [7, 11) is -3.75. The van der Waals surface area contributed by atoms with Crippen molar-refractivity contribution < 1.29 is 17.9 Å². The Hall–Kier alpha value is -1.64. The number of nitrogens with two attached hydrogens (primary N) is 1. The highest BCUT2D eigenvalue weighted by Gasteiger charge is 2.25. The van der Waals surface area contributed by atoms with Crippen LogP contribution < -0.4 is 16.0 Å². The molecule has 0 radical (unpaired) electrons. The number of sulfonamides is 1. The molecule has 1 aromatic carbocycles. The first-order chi connectivity index (χ1) is 9.86. The van der Waals surface area contributed by atoms with Gasteiger partial charge in [0.2, 0.25) is 15.9 Å². The first-order valence-corrected chi connectivity index (χ1v) is 8.03. The van der Waals surface area contributed by atoms with Crippen LogP contribution in [0.2, 0.25) is 0 Å². The molecule has 0 saturated carbocycles. The number of carbonyl (C=O) groups is 1. The summed E-state index contributed by atoms with van der Waals surface area (Å²) < 4.78 is 31.4. The molecular weight excluding hydrogens is 294 g/mol. The van der Waals surface area contributed by atoms with Crippen molar-refractivity contribution in [3.05, 3.63) is 23.8 Å². The molecule has 1 amide bonds. The zero-order valence-electron chi connectivity index (χ0n) is 12.4. The Balaban J connectivity index is 3.11. The fourth-order valence-electron chi connectivity index (χ4n) is 1.82. The topological polar surface area (TPSA) is 102 Å². The van der Waals surface area contributed by atoms with Crippen molar-refractivity contribution >= 4 is 15.9 Å². The Labute approximate surface area is 125 Å². The number of carbonyl (C=O) groups excluding carboxylic acids is 1. The zero-order chi connectivity index (χ0) is 16.0. The van der Waals surface area contributed by atoms with Gasteiger partial charge in [-0.25, -0.2) is 14.3 Å². The van der Waals surface area contributed by atoms with Gasteiger partial charge in [0.05, 0.1) is 18.0 Å². The van der Waals surface area contributed by atoms with Gasteiger partial charge in [0.1, 0.15) is 5.75 Å². The molecule has 8 heteroatoms. The van der Waals surface area contributed by atoms with Crippen LogP contribution >= 0.6 is 0 Å². The van der Waals surface area contributed by atoms with E-state index in [4.69, 9.17) is 10.6 Å². The first kappa shape index (κ1) is 17.4. The van der Waals surface area contributed by atoms with Gasteiger partial charge >= 0.3 is 0 Å². The molecule has 0 aliphatic rings. The molecule has 1 rings (SSSR count). The zero-order valence-corrected chi connectivity index (χ0v) is 13.2. The molecule has 3 N–H and O–H groups in total. The van der Waals surface area contributed by atoms with E-state index in [0.29, 0.717) is 12.4 Å². The minimum absolute atomic E-state index is 0.120. The van der Waals surface area contributed by atoms with Gasteiger partial charge in [-0.2, -0.15) is 4.31 Å². The molecule has 0 spiro atoms. The molecule has 0 bridgehead atoms. The van der Waals surface area contributed by atoms with E-state index in [1.807, 2.05) is 12.3 Å². The van der Waals surface area contributed by atoms with Gasteiger partial charge in [0, 0.05) is 6.54 Å². The lowest BCUT2D eigenvalue weighted by molar-refractivity contribution is -0.121. The van der Waals surface area contributed by atoms with Gasteiger partial charge in [-0.1, -0.05) is 6.92 Å². The normalized spacial score (nSPS) is 11.5. The molecule has 118 valence electrons. The number of rotatable bonds is 7. The molecule has 0 aliphatic carbocycles. The van der Waals surface area contributed by atoms with Crippen molar-refractivity contribution in [2.75, 3.05) is 19.7 Å². The van der Waals surface area contributed by atoms with Gasteiger partial charge in [0.25, 0.3) is 0 Å². The number of amides is 1. The van der Waals surface area contributed by atoms with E-state index >= 15 is 0 Å². The van der Waals surface area contributed by atoms with Crippen molar-refractivity contribution in [3.63, 3.8) is 0 Å². The van der Waals surface area contributed by atoms with E-state index in [9.17, 15) is 13.2 Å². The lowest BCUT2D eigenvalue weighted by atomic mass is 10.2. The quantitative estimate of drug-likeness (QED) is 0.431. The van der Waals surface area contributed by atoms with E-state index in [2.05, 4.69) is 0 Å². The van der Waals surface area contributed by atoms with Gasteiger partial charge in [-0.15, -0.1) is 0 Å². The molecule has 1 aromatic rings. The first-order valence-electron chi connectivity index (χ1n) is 6.59. The highest BCUT2D eigenvalue weighted by atomic mass is 32.2. The van der Waals surface area contributed by atoms with E-state index in [0.717, 1.165) is 9.87 Å². The van der Waals surface area contributed by atoms with E-state index in [1.54, 1.807) is 19.9 Å². The maximum absolute atomic E-state index is 12.5. The molecule has 21 heavy (non-hydrogen) atoms. The van der Waals surface area contributed by atoms with E-state index in [-0.39, 0.29) is 18.0 Å². The molecule has 0 aromatic heterocycles. The number of benzene rings is 1. The number of ether oxygens (including phenoxy) is 1. The molecule has 0 fully saturated rings. The second-order valence-corrected chi connectivity index (χ2v) is 6.30. The Kier molecular flexibility index (Phi) is 6.13. The van der Waals surface area contributed by atoms with Crippen molar-refractivity contribution in [2.24, 2.45) is 5.84 Å². The Bertz CT molecular complexity index is 601. The van der Waals surface area contributed by atoms with Gasteiger partial charge in [0.15, 0.2) is 0 Å². The van der Waals surface area contributed by atoms with Crippen LogP contribution in [0.5, 0.6) is 5.75 Å². The summed E-state index contributed by atoms with van der Waals surface area (Å²) in [6.45, 7) is 5.64. The maximum Gasteiger partial charge on any atom is 0.249 e. The van der Waals surface area contributed by atoms with Crippen molar-refractivity contribution in [1.29, 1.82) is 0 Å². The van der Waals surface area contributed by atoms with Crippen LogP contribution in [0.4, 0.5) is 0 Å². The third kappa shape index (κ3) is 4.16. The van der Waals surface area contributed by atoms with Crippen LogP contribution in [0.15, 0.2) is 23.1 Å². The average molecular weight is 315 g/mol. The number of hydrogen-bond acceptors (Lipinski definition) is 5. The minimum Gasteiger partial charge on any atom is -0.494 e. The highest BCUT2D eigenvalue weighted by Crippen LogP contribution is 2.23. The number of hydrazine groups is 1. The lowest BCUT2D eigenvalue weighted by Gasteiger charge is -2.20. The van der Waals surface area contributed by atoms with Gasteiger partial charge < -0.3 is 4.74 Å². The third-order valence-electron chi connectivity index (χ3n) is 2.92. The molecule has 0 saturated heterocycles. The molecule has 0 aliphatic heterocycles. The summed E-state index contributed by atoms with van der Waals surface area (Å²) in [6, 6.07) is 4.61. The maximum atomic E-state index is 12.5. The number of hydrogen-bond donors (Lipinski definition) is 2. The summed E-state index contributed by atoms with van der Waals surface area (Å²) in [6.07, 6.45) is 0. The molecule has 0 atom stereocenters.